The molecule has 2 heterocycles. The zero-order chi connectivity index (χ0) is 16.5. The van der Waals surface area contributed by atoms with Crippen molar-refractivity contribution in [3.05, 3.63) is 83.1 Å². The van der Waals surface area contributed by atoms with Crippen molar-refractivity contribution in [2.45, 2.75) is 13.2 Å². The second-order valence-corrected chi connectivity index (χ2v) is 6.52. The average Bonchev–Trinajstić information content (AvgIpc) is 3.24. The Morgan fingerprint density at radius 3 is 2.67 bits per heavy atom. The predicted octanol–water partition coefficient (Wildman–Crippen LogP) is 4.97. The number of hydrogen-bond acceptors (Lipinski definition) is 2. The Hall–Kier alpha value is -2.23. The van der Waals surface area contributed by atoms with E-state index < -0.39 is 0 Å². The lowest BCUT2D eigenvalue weighted by molar-refractivity contribution is 0.114. The lowest BCUT2D eigenvalue weighted by Gasteiger charge is -2.24. The highest BCUT2D eigenvalue weighted by Crippen LogP contribution is 2.33. The van der Waals surface area contributed by atoms with Crippen LogP contribution in [0.25, 0.3) is 5.69 Å². The van der Waals surface area contributed by atoms with Gasteiger partial charge in [-0.3, -0.25) is 0 Å². The van der Waals surface area contributed by atoms with Gasteiger partial charge < -0.3 is 14.2 Å². The van der Waals surface area contributed by atoms with E-state index in [9.17, 15) is 0 Å². The summed E-state index contributed by atoms with van der Waals surface area (Å²) in [5.41, 5.74) is 4.66. The molecule has 0 aliphatic carbocycles. The number of aryl methyl sites for hydroxylation is 1. The summed E-state index contributed by atoms with van der Waals surface area (Å²) in [5, 5.41) is 0.737. The highest BCUT2D eigenvalue weighted by molar-refractivity contribution is 6.30. The third-order valence-electron chi connectivity index (χ3n) is 4.36. The molecule has 1 aliphatic rings. The minimum atomic E-state index is -0.0480. The fraction of sp³-hybridized carbons (Fsp3) is 0.200. The maximum absolute atomic E-state index is 6.10. The third kappa shape index (κ3) is 2.93. The maximum atomic E-state index is 6.10. The first-order valence-corrected chi connectivity index (χ1v) is 8.47. The molecule has 0 spiro atoms. The first-order valence-electron chi connectivity index (χ1n) is 8.09. The van der Waals surface area contributed by atoms with E-state index >= 15 is 0 Å². The number of benzene rings is 2. The van der Waals surface area contributed by atoms with Gasteiger partial charge in [-0.15, -0.1) is 0 Å². The summed E-state index contributed by atoms with van der Waals surface area (Å²) in [5.74, 6) is 0. The molecule has 1 saturated heterocycles. The van der Waals surface area contributed by atoms with Crippen LogP contribution in [-0.4, -0.2) is 17.7 Å². The molecule has 24 heavy (non-hydrogen) atoms. The fourth-order valence-electron chi connectivity index (χ4n) is 3.10. The predicted molar refractivity (Wildman–Crippen MR) is 98.0 cm³/mol. The van der Waals surface area contributed by atoms with Gasteiger partial charge in [0, 0.05) is 40.9 Å². The molecular weight excluding hydrogens is 320 g/mol. The number of aromatic nitrogens is 1. The Balaban J connectivity index is 1.62. The molecule has 3 aromatic rings. The second kappa shape index (κ2) is 6.34. The molecule has 3 nitrogen and oxygen atoms in total. The molecular formula is C20H19ClN2O. The number of hydrogen-bond donors (Lipinski definition) is 0. The molecule has 1 atom stereocenters. The van der Waals surface area contributed by atoms with Crippen LogP contribution in [0, 0.1) is 6.92 Å². The van der Waals surface area contributed by atoms with E-state index in [2.05, 4.69) is 59.1 Å². The second-order valence-electron chi connectivity index (χ2n) is 6.08. The minimum Gasteiger partial charge on any atom is -0.352 e. The molecule has 4 rings (SSSR count). The standard InChI is InChI=1S/C20H19ClN2O/c1-15-5-7-18(8-6-15)23-11-12-24-20(23)16-9-10-22(14-16)19-4-2-3-17(21)13-19/h2-10,13-14,20H,11-12H2,1H3/t20-/m1/s1. The van der Waals surface area contributed by atoms with Gasteiger partial charge in [0.15, 0.2) is 6.23 Å². The van der Waals surface area contributed by atoms with Crippen LogP contribution in [0.15, 0.2) is 67.0 Å². The van der Waals surface area contributed by atoms with Crippen LogP contribution in [-0.2, 0) is 4.74 Å². The van der Waals surface area contributed by atoms with Gasteiger partial charge in [-0.2, -0.15) is 0 Å². The van der Waals surface area contributed by atoms with Crippen LogP contribution in [0.3, 0.4) is 0 Å². The molecule has 0 N–H and O–H groups in total. The van der Waals surface area contributed by atoms with E-state index in [1.165, 1.54) is 11.3 Å². The molecule has 122 valence electrons. The molecule has 1 aromatic heterocycles. The maximum Gasteiger partial charge on any atom is 0.158 e. The zero-order valence-corrected chi connectivity index (χ0v) is 14.3. The minimum absolute atomic E-state index is 0.0480. The largest absolute Gasteiger partial charge is 0.352 e. The SMILES string of the molecule is Cc1ccc(N2CCO[C@@H]2c2ccn(-c3cccc(Cl)c3)c2)cc1. The van der Waals surface area contributed by atoms with E-state index in [0.717, 1.165) is 29.4 Å². The van der Waals surface area contributed by atoms with E-state index in [1.807, 2.05) is 24.3 Å². The Labute approximate surface area is 147 Å². The molecule has 0 radical (unpaired) electrons. The smallest absolute Gasteiger partial charge is 0.158 e. The topological polar surface area (TPSA) is 17.4 Å². The summed E-state index contributed by atoms with van der Waals surface area (Å²) in [4.78, 5) is 2.30. The molecule has 2 aromatic carbocycles. The molecule has 1 fully saturated rings. The summed E-state index contributed by atoms with van der Waals surface area (Å²) in [6, 6.07) is 18.6. The molecule has 1 aliphatic heterocycles. The first-order chi connectivity index (χ1) is 11.7. The van der Waals surface area contributed by atoms with Crippen molar-refractivity contribution in [2.24, 2.45) is 0 Å². The fourth-order valence-corrected chi connectivity index (χ4v) is 3.29. The summed E-state index contributed by atoms with van der Waals surface area (Å²) in [7, 11) is 0. The van der Waals surface area contributed by atoms with Crippen LogP contribution in [0.1, 0.15) is 17.4 Å². The van der Waals surface area contributed by atoms with Crippen molar-refractivity contribution in [1.29, 1.82) is 0 Å². The van der Waals surface area contributed by atoms with Gasteiger partial charge in [0.25, 0.3) is 0 Å². The number of nitrogens with zero attached hydrogens (tertiary/aromatic N) is 2. The van der Waals surface area contributed by atoms with Crippen LogP contribution in [0.4, 0.5) is 5.69 Å². The lowest BCUT2D eigenvalue weighted by atomic mass is 10.2. The van der Waals surface area contributed by atoms with Gasteiger partial charge in [0.05, 0.1) is 6.61 Å². The summed E-state index contributed by atoms with van der Waals surface area (Å²) < 4.78 is 8.08. The third-order valence-corrected chi connectivity index (χ3v) is 4.60. The summed E-state index contributed by atoms with van der Waals surface area (Å²) in [6.07, 6.45) is 4.12. The normalized spacial score (nSPS) is 17.4. The van der Waals surface area contributed by atoms with Crippen molar-refractivity contribution in [3.8, 4) is 5.69 Å². The Kier molecular flexibility index (Phi) is 4.05. The molecule has 0 amide bonds. The molecule has 0 bridgehead atoms. The average molecular weight is 339 g/mol. The van der Waals surface area contributed by atoms with Crippen molar-refractivity contribution in [3.63, 3.8) is 0 Å². The van der Waals surface area contributed by atoms with Crippen molar-refractivity contribution in [1.82, 2.24) is 4.57 Å². The Morgan fingerprint density at radius 1 is 1.04 bits per heavy atom. The van der Waals surface area contributed by atoms with Crippen LogP contribution < -0.4 is 4.90 Å². The quantitative estimate of drug-likeness (QED) is 0.670. The monoisotopic (exact) mass is 338 g/mol. The number of anilines is 1. The van der Waals surface area contributed by atoms with Gasteiger partial charge in [-0.05, 0) is 43.3 Å². The van der Waals surface area contributed by atoms with E-state index in [0.29, 0.717) is 0 Å². The van der Waals surface area contributed by atoms with Crippen LogP contribution >= 0.6 is 11.6 Å². The molecule has 4 heteroatoms. The lowest BCUT2D eigenvalue weighted by Crippen LogP contribution is -2.22. The Bertz CT molecular complexity index is 841. The molecule has 0 unspecified atom stereocenters. The van der Waals surface area contributed by atoms with Gasteiger partial charge in [-0.1, -0.05) is 35.4 Å². The van der Waals surface area contributed by atoms with Gasteiger partial charge in [0.1, 0.15) is 0 Å². The van der Waals surface area contributed by atoms with Crippen LogP contribution in [0.2, 0.25) is 5.02 Å². The van der Waals surface area contributed by atoms with E-state index in [-0.39, 0.29) is 6.23 Å². The Morgan fingerprint density at radius 2 is 1.88 bits per heavy atom. The summed E-state index contributed by atoms with van der Waals surface area (Å²) >= 11 is 6.10. The number of halogens is 1. The van der Waals surface area contributed by atoms with Crippen molar-refractivity contribution >= 4 is 17.3 Å². The zero-order valence-electron chi connectivity index (χ0n) is 13.5. The molecule has 0 saturated carbocycles. The van der Waals surface area contributed by atoms with Crippen molar-refractivity contribution in [2.75, 3.05) is 18.1 Å². The highest BCUT2D eigenvalue weighted by Gasteiger charge is 2.27. The first kappa shape index (κ1) is 15.3. The highest BCUT2D eigenvalue weighted by atomic mass is 35.5. The van der Waals surface area contributed by atoms with Gasteiger partial charge in [-0.25, -0.2) is 0 Å². The number of rotatable bonds is 3. The number of ether oxygens (including phenoxy) is 1. The summed E-state index contributed by atoms with van der Waals surface area (Å²) in [6.45, 7) is 3.74. The van der Waals surface area contributed by atoms with Gasteiger partial charge in [0.2, 0.25) is 0 Å². The van der Waals surface area contributed by atoms with E-state index in [1.54, 1.807) is 0 Å². The van der Waals surface area contributed by atoms with E-state index in [4.69, 9.17) is 16.3 Å². The van der Waals surface area contributed by atoms with Crippen molar-refractivity contribution < 1.29 is 4.74 Å². The van der Waals surface area contributed by atoms with Crippen LogP contribution in [0.5, 0.6) is 0 Å². The van der Waals surface area contributed by atoms with Gasteiger partial charge >= 0.3 is 0 Å².